The van der Waals surface area contributed by atoms with Crippen molar-refractivity contribution >= 4 is 0 Å². The highest BCUT2D eigenvalue weighted by molar-refractivity contribution is 5.36. The molecule has 0 amide bonds. The van der Waals surface area contributed by atoms with Crippen molar-refractivity contribution < 1.29 is 0 Å². The van der Waals surface area contributed by atoms with E-state index in [-0.39, 0.29) is 0 Å². The molecule has 0 unspecified atom stereocenters. The molecule has 0 nitrogen and oxygen atoms in total. The van der Waals surface area contributed by atoms with Gasteiger partial charge in [-0.25, -0.2) is 0 Å². The molecule has 0 spiro atoms. The molecular weight excluding hydrogens is 252 g/mol. The van der Waals surface area contributed by atoms with E-state index < -0.39 is 0 Å². The molecule has 108 valence electrons. The van der Waals surface area contributed by atoms with Gasteiger partial charge in [0.05, 0.1) is 0 Å². The van der Waals surface area contributed by atoms with E-state index >= 15 is 0 Å². The van der Waals surface area contributed by atoms with Crippen LogP contribution >= 0.6 is 0 Å². The molecule has 0 aliphatic carbocycles. The minimum atomic E-state index is 0.473. The lowest BCUT2D eigenvalue weighted by molar-refractivity contribution is 0.776. The maximum Gasteiger partial charge on any atom is 0.00867 e. The Hall–Kier alpha value is -2.08. The van der Waals surface area contributed by atoms with E-state index in [0.29, 0.717) is 5.92 Å². The van der Waals surface area contributed by atoms with Crippen LogP contribution in [0.5, 0.6) is 0 Å². The predicted octanol–water partition coefficient (Wildman–Crippen LogP) is 5.69. The quantitative estimate of drug-likeness (QED) is 0.570. The van der Waals surface area contributed by atoms with Gasteiger partial charge in [-0.1, -0.05) is 67.6 Å². The molecule has 0 saturated heterocycles. The zero-order chi connectivity index (χ0) is 15.1. The molecule has 2 rings (SSSR count). The Morgan fingerprint density at radius 1 is 0.762 bits per heavy atom. The van der Waals surface area contributed by atoms with Crippen molar-refractivity contribution in [2.75, 3.05) is 0 Å². The van der Waals surface area contributed by atoms with Gasteiger partial charge >= 0.3 is 0 Å². The zero-order valence-electron chi connectivity index (χ0n) is 12.9. The average molecular weight is 276 g/mol. The molecule has 0 aliphatic rings. The van der Waals surface area contributed by atoms with E-state index in [4.69, 9.17) is 0 Å². The first-order chi connectivity index (χ1) is 10.3. The second kappa shape index (κ2) is 7.64. The summed E-state index contributed by atoms with van der Waals surface area (Å²) in [4.78, 5) is 0. The SMILES string of the molecule is C=CCc1ccc(C(CC)c2ccc(CC=C)cc2)cc1. The fraction of sp³-hybridized carbons (Fsp3) is 0.238. The lowest BCUT2D eigenvalue weighted by Gasteiger charge is -2.17. The summed E-state index contributed by atoms with van der Waals surface area (Å²) in [7, 11) is 0. The summed E-state index contributed by atoms with van der Waals surface area (Å²) < 4.78 is 0. The Labute approximate surface area is 128 Å². The van der Waals surface area contributed by atoms with Crippen LogP contribution in [0.4, 0.5) is 0 Å². The van der Waals surface area contributed by atoms with Crippen molar-refractivity contribution in [3.05, 3.63) is 96.1 Å². The third kappa shape index (κ3) is 3.95. The van der Waals surface area contributed by atoms with Gasteiger partial charge in [0.25, 0.3) is 0 Å². The van der Waals surface area contributed by atoms with Gasteiger partial charge < -0.3 is 0 Å². The van der Waals surface area contributed by atoms with E-state index in [0.717, 1.165) is 19.3 Å². The molecule has 0 atom stereocenters. The van der Waals surface area contributed by atoms with Crippen molar-refractivity contribution in [2.24, 2.45) is 0 Å². The molecule has 0 radical (unpaired) electrons. The number of benzene rings is 2. The van der Waals surface area contributed by atoms with E-state index in [1.165, 1.54) is 22.3 Å². The van der Waals surface area contributed by atoms with Gasteiger partial charge in [-0.3, -0.25) is 0 Å². The van der Waals surface area contributed by atoms with E-state index in [2.05, 4.69) is 68.6 Å². The highest BCUT2D eigenvalue weighted by Crippen LogP contribution is 2.28. The molecule has 0 aromatic heterocycles. The van der Waals surface area contributed by atoms with Crippen LogP contribution in [0.15, 0.2) is 73.8 Å². The second-order valence-corrected chi connectivity index (χ2v) is 5.43. The van der Waals surface area contributed by atoms with E-state index in [9.17, 15) is 0 Å². The van der Waals surface area contributed by atoms with Crippen LogP contribution in [0.25, 0.3) is 0 Å². The molecule has 0 heterocycles. The van der Waals surface area contributed by atoms with Crippen molar-refractivity contribution in [3.8, 4) is 0 Å². The molecule has 0 bridgehead atoms. The summed E-state index contributed by atoms with van der Waals surface area (Å²) in [6.45, 7) is 9.84. The highest BCUT2D eigenvalue weighted by atomic mass is 14.2. The Morgan fingerprint density at radius 2 is 1.14 bits per heavy atom. The van der Waals surface area contributed by atoms with Crippen LogP contribution in [0, 0.1) is 0 Å². The van der Waals surface area contributed by atoms with Gasteiger partial charge in [-0.05, 0) is 41.5 Å². The van der Waals surface area contributed by atoms with Gasteiger partial charge in [0.1, 0.15) is 0 Å². The fourth-order valence-corrected chi connectivity index (χ4v) is 2.77. The topological polar surface area (TPSA) is 0 Å². The van der Waals surface area contributed by atoms with Crippen molar-refractivity contribution in [2.45, 2.75) is 32.1 Å². The number of allylic oxidation sites excluding steroid dienone is 2. The minimum Gasteiger partial charge on any atom is -0.103 e. The molecule has 0 aliphatic heterocycles. The summed E-state index contributed by atoms with van der Waals surface area (Å²) in [5.41, 5.74) is 5.43. The second-order valence-electron chi connectivity index (χ2n) is 5.43. The molecule has 0 fully saturated rings. The molecule has 21 heavy (non-hydrogen) atoms. The molecule has 0 saturated carbocycles. The standard InChI is InChI=1S/C21H24/c1-4-7-17-9-13-19(14-10-17)21(6-3)20-15-11-18(8-5-2)12-16-20/h4-5,9-16,21H,1-2,6-8H2,3H3. The van der Waals surface area contributed by atoms with Crippen LogP contribution in [0.2, 0.25) is 0 Å². The van der Waals surface area contributed by atoms with Gasteiger partial charge in [-0.15, -0.1) is 13.2 Å². The first kappa shape index (κ1) is 15.3. The van der Waals surface area contributed by atoms with Crippen molar-refractivity contribution in [1.29, 1.82) is 0 Å². The van der Waals surface area contributed by atoms with Gasteiger partial charge in [0.15, 0.2) is 0 Å². The minimum absolute atomic E-state index is 0.473. The summed E-state index contributed by atoms with van der Waals surface area (Å²) in [5, 5.41) is 0. The zero-order valence-corrected chi connectivity index (χ0v) is 12.9. The third-order valence-corrected chi connectivity index (χ3v) is 3.93. The highest BCUT2D eigenvalue weighted by Gasteiger charge is 2.11. The molecular formula is C21H24. The van der Waals surface area contributed by atoms with Crippen LogP contribution in [-0.4, -0.2) is 0 Å². The molecule has 2 aromatic carbocycles. The summed E-state index contributed by atoms with van der Waals surface area (Å²) in [5.74, 6) is 0.473. The van der Waals surface area contributed by atoms with E-state index in [1.54, 1.807) is 0 Å². The first-order valence-electron chi connectivity index (χ1n) is 7.68. The number of hydrogen-bond acceptors (Lipinski definition) is 0. The smallest absolute Gasteiger partial charge is 0.00867 e. The largest absolute Gasteiger partial charge is 0.103 e. The fourth-order valence-electron chi connectivity index (χ4n) is 2.77. The normalized spacial score (nSPS) is 10.6. The van der Waals surface area contributed by atoms with Crippen LogP contribution in [-0.2, 0) is 12.8 Å². The molecule has 2 aromatic rings. The summed E-state index contributed by atoms with van der Waals surface area (Å²) in [6.07, 6.45) is 6.89. The Balaban J connectivity index is 2.21. The Kier molecular flexibility index (Phi) is 5.57. The van der Waals surface area contributed by atoms with Gasteiger partial charge in [-0.2, -0.15) is 0 Å². The number of rotatable bonds is 7. The van der Waals surface area contributed by atoms with Crippen molar-refractivity contribution in [1.82, 2.24) is 0 Å². The predicted molar refractivity (Wildman–Crippen MR) is 92.8 cm³/mol. The Bertz CT molecular complexity index is 519. The van der Waals surface area contributed by atoms with Gasteiger partial charge in [0.2, 0.25) is 0 Å². The Morgan fingerprint density at radius 3 is 1.43 bits per heavy atom. The van der Waals surface area contributed by atoms with Crippen LogP contribution in [0.1, 0.15) is 41.5 Å². The number of hydrogen-bond donors (Lipinski definition) is 0. The lowest BCUT2D eigenvalue weighted by atomic mass is 9.88. The lowest BCUT2D eigenvalue weighted by Crippen LogP contribution is -2.00. The molecule has 0 N–H and O–H groups in total. The van der Waals surface area contributed by atoms with Crippen LogP contribution < -0.4 is 0 Å². The summed E-state index contributed by atoms with van der Waals surface area (Å²) >= 11 is 0. The van der Waals surface area contributed by atoms with Crippen molar-refractivity contribution in [3.63, 3.8) is 0 Å². The monoisotopic (exact) mass is 276 g/mol. The first-order valence-corrected chi connectivity index (χ1v) is 7.68. The third-order valence-electron chi connectivity index (χ3n) is 3.93. The summed E-state index contributed by atoms with van der Waals surface area (Å²) in [6, 6.07) is 17.9. The average Bonchev–Trinajstić information content (AvgIpc) is 2.52. The maximum atomic E-state index is 3.79. The molecule has 0 heteroatoms. The van der Waals surface area contributed by atoms with Gasteiger partial charge in [0, 0.05) is 5.92 Å². The maximum absolute atomic E-state index is 3.79. The van der Waals surface area contributed by atoms with E-state index in [1.807, 2.05) is 12.2 Å². The van der Waals surface area contributed by atoms with Crippen LogP contribution in [0.3, 0.4) is 0 Å².